The van der Waals surface area contributed by atoms with Gasteiger partial charge in [0.15, 0.2) is 0 Å². The first kappa shape index (κ1) is 24.5. The van der Waals surface area contributed by atoms with E-state index < -0.39 is 0 Å². The zero-order valence-electron chi connectivity index (χ0n) is 20.2. The SMILES string of the molecule is CCc1ccc(C(=O)Nc2cc(Cl)cc(CN3CCN(C(=O)NCC4CC4)[C@@H](C)C3)c2C)cn1. The highest BCUT2D eigenvalue weighted by atomic mass is 35.5. The fourth-order valence-electron chi connectivity index (χ4n) is 4.37. The third-order valence-electron chi connectivity index (χ3n) is 6.78. The van der Waals surface area contributed by atoms with Crippen LogP contribution < -0.4 is 10.6 Å². The van der Waals surface area contributed by atoms with Crippen LogP contribution in [0.15, 0.2) is 30.5 Å². The van der Waals surface area contributed by atoms with Crippen molar-refractivity contribution in [3.05, 3.63) is 57.9 Å². The molecule has 0 spiro atoms. The Hall–Kier alpha value is -2.64. The van der Waals surface area contributed by atoms with E-state index in [0.29, 0.717) is 35.3 Å². The van der Waals surface area contributed by atoms with Crippen molar-refractivity contribution in [1.29, 1.82) is 0 Å². The largest absolute Gasteiger partial charge is 0.338 e. The predicted octanol–water partition coefficient (Wildman–Crippen LogP) is 4.48. The number of urea groups is 1. The number of pyridine rings is 1. The topological polar surface area (TPSA) is 77.6 Å². The van der Waals surface area contributed by atoms with E-state index in [2.05, 4.69) is 27.4 Å². The normalized spacial score (nSPS) is 18.6. The van der Waals surface area contributed by atoms with Crippen molar-refractivity contribution in [1.82, 2.24) is 20.1 Å². The molecule has 1 aromatic carbocycles. The minimum absolute atomic E-state index is 0.0458. The van der Waals surface area contributed by atoms with Crippen LogP contribution in [0.4, 0.5) is 10.5 Å². The Bertz CT molecular complexity index is 1040. The van der Waals surface area contributed by atoms with Gasteiger partial charge in [0, 0.05) is 61.4 Å². The molecule has 0 bridgehead atoms. The molecule has 0 radical (unpaired) electrons. The van der Waals surface area contributed by atoms with Gasteiger partial charge in [-0.05, 0) is 74.4 Å². The Morgan fingerprint density at radius 3 is 2.65 bits per heavy atom. The van der Waals surface area contributed by atoms with Crippen LogP contribution in [0.3, 0.4) is 0 Å². The molecular weight excluding hydrogens is 450 g/mol. The highest BCUT2D eigenvalue weighted by Gasteiger charge is 2.29. The van der Waals surface area contributed by atoms with E-state index in [1.54, 1.807) is 18.3 Å². The Kier molecular flexibility index (Phi) is 7.73. The number of hydrogen-bond donors (Lipinski definition) is 2. The zero-order chi connectivity index (χ0) is 24.2. The van der Waals surface area contributed by atoms with Gasteiger partial charge < -0.3 is 15.5 Å². The number of carbonyl (C=O) groups excluding carboxylic acids is 2. The van der Waals surface area contributed by atoms with E-state index in [1.165, 1.54) is 12.8 Å². The standard InChI is InChI=1S/C26H34ClN5O2/c1-4-23-8-7-20(14-28-23)25(33)30-24-12-22(27)11-21(18(24)3)16-31-9-10-32(17(2)15-31)26(34)29-13-19-5-6-19/h7-8,11-12,14,17,19H,4-6,9-10,13,15-16H2,1-3H3,(H,29,34)(H,30,33)/t17-/m0/s1. The Morgan fingerprint density at radius 1 is 1.21 bits per heavy atom. The first-order chi connectivity index (χ1) is 16.3. The number of piperazine rings is 1. The summed E-state index contributed by atoms with van der Waals surface area (Å²) in [6.45, 7) is 9.92. The first-order valence-electron chi connectivity index (χ1n) is 12.2. The second-order valence-electron chi connectivity index (χ2n) is 9.49. The van der Waals surface area contributed by atoms with E-state index in [9.17, 15) is 9.59 Å². The molecule has 8 heteroatoms. The summed E-state index contributed by atoms with van der Waals surface area (Å²) in [5, 5.41) is 6.66. The number of anilines is 1. The van der Waals surface area contributed by atoms with Crippen LogP contribution in [0.1, 0.15) is 53.9 Å². The van der Waals surface area contributed by atoms with E-state index in [1.807, 2.05) is 30.9 Å². The molecular formula is C26H34ClN5O2. The van der Waals surface area contributed by atoms with Gasteiger partial charge in [-0.3, -0.25) is 14.7 Å². The van der Waals surface area contributed by atoms with Crippen molar-refractivity contribution in [2.24, 2.45) is 5.92 Å². The molecule has 1 saturated carbocycles. The van der Waals surface area contributed by atoms with Crippen LogP contribution in [0.25, 0.3) is 0 Å². The number of amides is 3. The van der Waals surface area contributed by atoms with E-state index >= 15 is 0 Å². The minimum atomic E-state index is -0.203. The van der Waals surface area contributed by atoms with Crippen molar-refractivity contribution < 1.29 is 9.59 Å². The summed E-state index contributed by atoms with van der Waals surface area (Å²) in [5.74, 6) is 0.471. The monoisotopic (exact) mass is 483 g/mol. The molecule has 2 heterocycles. The lowest BCUT2D eigenvalue weighted by Crippen LogP contribution is -2.56. The molecule has 34 heavy (non-hydrogen) atoms. The first-order valence-corrected chi connectivity index (χ1v) is 12.5. The van der Waals surface area contributed by atoms with E-state index in [0.717, 1.165) is 42.9 Å². The van der Waals surface area contributed by atoms with Crippen molar-refractivity contribution in [3.8, 4) is 0 Å². The van der Waals surface area contributed by atoms with Gasteiger partial charge in [0.2, 0.25) is 0 Å². The van der Waals surface area contributed by atoms with Crippen molar-refractivity contribution >= 4 is 29.2 Å². The third-order valence-corrected chi connectivity index (χ3v) is 7.00. The van der Waals surface area contributed by atoms with Gasteiger partial charge in [0.05, 0.1) is 5.56 Å². The Morgan fingerprint density at radius 2 is 2.00 bits per heavy atom. The lowest BCUT2D eigenvalue weighted by atomic mass is 10.0. The van der Waals surface area contributed by atoms with Crippen LogP contribution in [0.5, 0.6) is 0 Å². The lowest BCUT2D eigenvalue weighted by Gasteiger charge is -2.40. The second kappa shape index (κ2) is 10.7. The third kappa shape index (κ3) is 6.07. The number of aromatic nitrogens is 1. The predicted molar refractivity (Wildman–Crippen MR) is 135 cm³/mol. The Labute approximate surface area is 206 Å². The maximum atomic E-state index is 12.8. The van der Waals surface area contributed by atoms with Crippen molar-refractivity contribution in [2.45, 2.75) is 52.6 Å². The van der Waals surface area contributed by atoms with Gasteiger partial charge in [-0.15, -0.1) is 0 Å². The number of halogens is 1. The molecule has 7 nitrogen and oxygen atoms in total. The molecule has 2 aromatic rings. The quantitative estimate of drug-likeness (QED) is 0.608. The van der Waals surface area contributed by atoms with Crippen LogP contribution in [0.2, 0.25) is 5.02 Å². The van der Waals surface area contributed by atoms with Crippen LogP contribution in [0, 0.1) is 12.8 Å². The molecule has 3 amide bonds. The minimum Gasteiger partial charge on any atom is -0.338 e. The van der Waals surface area contributed by atoms with Gasteiger partial charge in [-0.25, -0.2) is 4.79 Å². The number of hydrogen-bond acceptors (Lipinski definition) is 4. The van der Waals surface area contributed by atoms with Crippen molar-refractivity contribution in [3.63, 3.8) is 0 Å². The average Bonchev–Trinajstić information content (AvgIpc) is 3.65. The van der Waals surface area contributed by atoms with E-state index in [-0.39, 0.29) is 18.0 Å². The highest BCUT2D eigenvalue weighted by Crippen LogP contribution is 2.28. The van der Waals surface area contributed by atoms with Gasteiger partial charge in [-0.1, -0.05) is 18.5 Å². The summed E-state index contributed by atoms with van der Waals surface area (Å²) in [6, 6.07) is 7.59. The van der Waals surface area contributed by atoms with Gasteiger partial charge in [0.1, 0.15) is 0 Å². The fraction of sp³-hybridized carbons (Fsp3) is 0.500. The number of rotatable bonds is 7. The molecule has 2 N–H and O–H groups in total. The molecule has 182 valence electrons. The molecule has 0 unspecified atom stereocenters. The smallest absolute Gasteiger partial charge is 0.317 e. The summed E-state index contributed by atoms with van der Waals surface area (Å²) in [4.78, 5) is 33.9. The van der Waals surface area contributed by atoms with Gasteiger partial charge in [0.25, 0.3) is 5.91 Å². The summed E-state index contributed by atoms with van der Waals surface area (Å²) < 4.78 is 0. The van der Waals surface area contributed by atoms with Crippen molar-refractivity contribution in [2.75, 3.05) is 31.5 Å². The van der Waals surface area contributed by atoms with Crippen LogP contribution in [-0.2, 0) is 13.0 Å². The summed E-state index contributed by atoms with van der Waals surface area (Å²) >= 11 is 6.42. The molecule has 1 aliphatic carbocycles. The molecule has 1 atom stereocenters. The maximum absolute atomic E-state index is 12.8. The van der Waals surface area contributed by atoms with Gasteiger partial charge >= 0.3 is 6.03 Å². The fourth-order valence-corrected chi connectivity index (χ4v) is 4.61. The second-order valence-corrected chi connectivity index (χ2v) is 9.93. The summed E-state index contributed by atoms with van der Waals surface area (Å²) in [6.07, 6.45) is 4.90. The Balaban J connectivity index is 1.38. The number of nitrogens with one attached hydrogen (secondary N) is 2. The van der Waals surface area contributed by atoms with E-state index in [4.69, 9.17) is 11.6 Å². The number of carbonyl (C=O) groups is 2. The van der Waals surface area contributed by atoms with Gasteiger partial charge in [-0.2, -0.15) is 0 Å². The number of nitrogens with zero attached hydrogens (tertiary/aromatic N) is 3. The summed E-state index contributed by atoms with van der Waals surface area (Å²) in [7, 11) is 0. The highest BCUT2D eigenvalue weighted by molar-refractivity contribution is 6.31. The number of aryl methyl sites for hydroxylation is 1. The summed E-state index contributed by atoms with van der Waals surface area (Å²) in [5.41, 5.74) is 4.24. The maximum Gasteiger partial charge on any atom is 0.317 e. The van der Waals surface area contributed by atoms with Crippen LogP contribution >= 0.6 is 11.6 Å². The average molecular weight is 484 g/mol. The molecule has 1 aromatic heterocycles. The molecule has 2 aliphatic rings. The van der Waals surface area contributed by atoms with Crippen LogP contribution in [-0.4, -0.2) is 58.9 Å². The zero-order valence-corrected chi connectivity index (χ0v) is 21.0. The molecule has 4 rings (SSSR count). The molecule has 2 fully saturated rings. The molecule has 1 saturated heterocycles. The lowest BCUT2D eigenvalue weighted by molar-refractivity contribution is 0.0973. The molecule has 1 aliphatic heterocycles. The number of benzene rings is 1.